The van der Waals surface area contributed by atoms with E-state index >= 15 is 0 Å². The van der Waals surface area contributed by atoms with Gasteiger partial charge in [-0.15, -0.1) is 0 Å². The molecule has 1 N–H and O–H groups in total. The van der Waals surface area contributed by atoms with Gasteiger partial charge < -0.3 is 10.1 Å². The lowest BCUT2D eigenvalue weighted by Gasteiger charge is -2.08. The van der Waals surface area contributed by atoms with Gasteiger partial charge in [0.25, 0.3) is 5.91 Å². The number of nitrogens with zero attached hydrogens (tertiary/aromatic N) is 1. The molecule has 1 aromatic carbocycles. The van der Waals surface area contributed by atoms with Crippen molar-refractivity contribution in [2.45, 2.75) is 6.42 Å². The number of carbonyl (C=O) groups is 2. The summed E-state index contributed by atoms with van der Waals surface area (Å²) in [5.41, 5.74) is 0.640. The van der Waals surface area contributed by atoms with Crippen LogP contribution >= 0.6 is 34.8 Å². The van der Waals surface area contributed by atoms with Crippen molar-refractivity contribution in [3.8, 4) is 0 Å². The van der Waals surface area contributed by atoms with Gasteiger partial charge in [-0.2, -0.15) is 0 Å². The highest BCUT2D eigenvalue weighted by Crippen LogP contribution is 2.31. The summed E-state index contributed by atoms with van der Waals surface area (Å²) in [6, 6.07) is 5.93. The number of amides is 1. The SMILES string of the molecule is O=C(COC(=O)c1ncc(Cl)c(Cl)c1Cl)NCCc1ccc(F)cc1. The standard InChI is InChI=1S/C16H12Cl3FN2O3/c17-11-7-22-15(14(19)13(11)18)16(24)25-8-12(23)21-6-5-9-1-3-10(20)4-2-9/h1-4,7H,5-6,8H2,(H,21,23). The largest absolute Gasteiger partial charge is 0.451 e. The molecule has 0 spiro atoms. The number of halogens is 4. The smallest absolute Gasteiger partial charge is 0.359 e. The van der Waals surface area contributed by atoms with Crippen molar-refractivity contribution in [3.05, 3.63) is 62.6 Å². The molecule has 25 heavy (non-hydrogen) atoms. The normalized spacial score (nSPS) is 10.4. The molecule has 1 aromatic heterocycles. The van der Waals surface area contributed by atoms with Crippen molar-refractivity contribution in [1.82, 2.24) is 10.3 Å². The average molecular weight is 406 g/mol. The molecule has 132 valence electrons. The van der Waals surface area contributed by atoms with Crippen molar-refractivity contribution >= 4 is 46.7 Å². The van der Waals surface area contributed by atoms with Gasteiger partial charge in [-0.25, -0.2) is 14.2 Å². The third-order valence-corrected chi connectivity index (χ3v) is 4.33. The lowest BCUT2D eigenvalue weighted by Crippen LogP contribution is -2.30. The number of nitrogens with one attached hydrogen (secondary N) is 1. The van der Waals surface area contributed by atoms with E-state index in [-0.39, 0.29) is 26.6 Å². The van der Waals surface area contributed by atoms with Crippen LogP contribution in [0.1, 0.15) is 16.1 Å². The number of rotatable bonds is 6. The molecule has 9 heteroatoms. The summed E-state index contributed by atoms with van der Waals surface area (Å²) >= 11 is 17.4. The van der Waals surface area contributed by atoms with E-state index in [1.807, 2.05) is 0 Å². The molecule has 0 unspecified atom stereocenters. The molecule has 0 atom stereocenters. The number of pyridine rings is 1. The van der Waals surface area contributed by atoms with Crippen LogP contribution < -0.4 is 5.32 Å². The summed E-state index contributed by atoms with van der Waals surface area (Å²) in [6.45, 7) is -0.186. The lowest BCUT2D eigenvalue weighted by atomic mass is 10.1. The zero-order chi connectivity index (χ0) is 18.4. The Kier molecular flexibility index (Phi) is 6.99. The molecule has 1 heterocycles. The second-order valence-electron chi connectivity index (χ2n) is 4.89. The maximum atomic E-state index is 12.8. The Bertz CT molecular complexity index is 785. The van der Waals surface area contributed by atoms with E-state index in [2.05, 4.69) is 10.3 Å². The first-order valence-corrected chi connectivity index (χ1v) is 8.19. The van der Waals surface area contributed by atoms with Crippen molar-refractivity contribution in [1.29, 1.82) is 0 Å². The minimum Gasteiger partial charge on any atom is -0.451 e. The predicted octanol–water partition coefficient (Wildman–Crippen LogP) is 3.70. The van der Waals surface area contributed by atoms with Gasteiger partial charge in [-0.05, 0) is 24.1 Å². The van der Waals surface area contributed by atoms with E-state index in [9.17, 15) is 14.0 Å². The number of hydrogen-bond donors (Lipinski definition) is 1. The van der Waals surface area contributed by atoms with Crippen molar-refractivity contribution in [3.63, 3.8) is 0 Å². The predicted molar refractivity (Wildman–Crippen MR) is 92.7 cm³/mol. The Morgan fingerprint density at radius 3 is 2.48 bits per heavy atom. The van der Waals surface area contributed by atoms with E-state index < -0.39 is 18.5 Å². The van der Waals surface area contributed by atoms with Crippen LogP contribution in [-0.4, -0.2) is 30.0 Å². The fraction of sp³-hybridized carbons (Fsp3) is 0.188. The maximum absolute atomic E-state index is 12.8. The van der Waals surface area contributed by atoms with Crippen LogP contribution in [0.2, 0.25) is 15.1 Å². The van der Waals surface area contributed by atoms with Crippen LogP contribution in [0, 0.1) is 5.82 Å². The topological polar surface area (TPSA) is 68.3 Å². The molecule has 2 aromatic rings. The number of esters is 1. The molecule has 0 saturated carbocycles. The minimum absolute atomic E-state index is 0.0194. The third-order valence-electron chi connectivity index (χ3n) is 3.09. The molecule has 0 aliphatic carbocycles. The van der Waals surface area contributed by atoms with Gasteiger partial charge in [0.2, 0.25) is 0 Å². The van der Waals surface area contributed by atoms with Gasteiger partial charge in [0.05, 0.1) is 15.1 Å². The van der Waals surface area contributed by atoms with Crippen LogP contribution in [-0.2, 0) is 16.0 Å². The van der Waals surface area contributed by atoms with E-state index in [0.717, 1.165) is 11.8 Å². The second-order valence-corrected chi connectivity index (χ2v) is 6.05. The minimum atomic E-state index is -0.891. The molecule has 0 aliphatic heterocycles. The van der Waals surface area contributed by atoms with Crippen LogP contribution in [0.25, 0.3) is 0 Å². The summed E-state index contributed by atoms with van der Waals surface area (Å²) in [7, 11) is 0. The maximum Gasteiger partial charge on any atom is 0.359 e. The third kappa shape index (κ3) is 5.56. The van der Waals surface area contributed by atoms with Gasteiger partial charge in [-0.1, -0.05) is 46.9 Å². The van der Waals surface area contributed by atoms with Crippen molar-refractivity contribution in [2.75, 3.05) is 13.2 Å². The van der Waals surface area contributed by atoms with Gasteiger partial charge in [-0.3, -0.25) is 4.79 Å². The number of benzene rings is 1. The van der Waals surface area contributed by atoms with Gasteiger partial charge >= 0.3 is 5.97 Å². The second kappa shape index (κ2) is 8.99. The number of carbonyl (C=O) groups excluding carboxylic acids is 2. The summed E-state index contributed by atoms with van der Waals surface area (Å²) in [5.74, 6) is -1.71. The quantitative estimate of drug-likeness (QED) is 0.744. The molecule has 0 saturated heterocycles. The lowest BCUT2D eigenvalue weighted by molar-refractivity contribution is -0.124. The number of aromatic nitrogens is 1. The zero-order valence-electron chi connectivity index (χ0n) is 12.7. The summed E-state index contributed by atoms with van der Waals surface area (Å²) in [4.78, 5) is 27.3. The Morgan fingerprint density at radius 1 is 1.12 bits per heavy atom. The van der Waals surface area contributed by atoms with Crippen molar-refractivity contribution in [2.24, 2.45) is 0 Å². The Labute approximate surface area is 158 Å². The summed E-state index contributed by atoms with van der Waals surface area (Å²) < 4.78 is 17.6. The first kappa shape index (κ1) is 19.4. The highest BCUT2D eigenvalue weighted by molar-refractivity contribution is 6.48. The molecular formula is C16H12Cl3FN2O3. The molecule has 0 fully saturated rings. The van der Waals surface area contributed by atoms with E-state index in [4.69, 9.17) is 39.5 Å². The monoisotopic (exact) mass is 404 g/mol. The van der Waals surface area contributed by atoms with Crippen LogP contribution in [0.15, 0.2) is 30.5 Å². The van der Waals surface area contributed by atoms with E-state index in [1.54, 1.807) is 12.1 Å². The van der Waals surface area contributed by atoms with Crippen LogP contribution in [0.4, 0.5) is 4.39 Å². The van der Waals surface area contributed by atoms with Gasteiger partial charge in [0, 0.05) is 12.7 Å². The summed E-state index contributed by atoms with van der Waals surface area (Å²) in [5, 5.41) is 2.51. The van der Waals surface area contributed by atoms with Crippen molar-refractivity contribution < 1.29 is 18.7 Å². The highest BCUT2D eigenvalue weighted by Gasteiger charge is 2.19. The zero-order valence-corrected chi connectivity index (χ0v) is 15.0. The fourth-order valence-electron chi connectivity index (χ4n) is 1.83. The first-order valence-electron chi connectivity index (χ1n) is 7.06. The van der Waals surface area contributed by atoms with Gasteiger partial charge in [0.15, 0.2) is 12.3 Å². The Morgan fingerprint density at radius 2 is 1.80 bits per heavy atom. The Balaban J connectivity index is 1.78. The molecule has 1 amide bonds. The molecule has 0 bridgehead atoms. The first-order chi connectivity index (χ1) is 11.9. The number of hydrogen-bond acceptors (Lipinski definition) is 4. The molecule has 2 rings (SSSR count). The van der Waals surface area contributed by atoms with Crippen LogP contribution in [0.3, 0.4) is 0 Å². The van der Waals surface area contributed by atoms with E-state index in [1.165, 1.54) is 12.1 Å². The molecule has 0 radical (unpaired) electrons. The average Bonchev–Trinajstić information content (AvgIpc) is 2.59. The fourth-order valence-corrected chi connectivity index (χ4v) is 2.39. The Hall–Kier alpha value is -1.89. The molecule has 5 nitrogen and oxygen atoms in total. The van der Waals surface area contributed by atoms with E-state index in [0.29, 0.717) is 13.0 Å². The molecule has 0 aliphatic rings. The number of ether oxygens (including phenoxy) is 1. The van der Waals surface area contributed by atoms with Gasteiger partial charge in [0.1, 0.15) is 5.82 Å². The molecular weight excluding hydrogens is 394 g/mol. The highest BCUT2D eigenvalue weighted by atomic mass is 35.5. The van der Waals surface area contributed by atoms with Crippen LogP contribution in [0.5, 0.6) is 0 Å². The summed E-state index contributed by atoms with van der Waals surface area (Å²) in [6.07, 6.45) is 1.68.